The van der Waals surface area contributed by atoms with Crippen molar-refractivity contribution in [3.63, 3.8) is 0 Å². The molecule has 0 amide bonds. The highest BCUT2D eigenvalue weighted by Crippen LogP contribution is 2.18. The van der Waals surface area contributed by atoms with Crippen LogP contribution in [0.4, 0.5) is 0 Å². The van der Waals surface area contributed by atoms with Crippen molar-refractivity contribution in [2.75, 3.05) is 20.2 Å². The molecule has 4 nitrogen and oxygen atoms in total. The highest BCUT2D eigenvalue weighted by Gasteiger charge is 2.14. The number of likely N-dealkylation sites (N-methyl/N-ethyl adjacent to an activating group) is 1. The molecule has 2 atom stereocenters. The maximum Gasteiger partial charge on any atom is 0.129 e. The van der Waals surface area contributed by atoms with Gasteiger partial charge in [0.15, 0.2) is 0 Å². The highest BCUT2D eigenvalue weighted by atomic mass is 32.1. The Morgan fingerprint density at radius 1 is 1.43 bits per heavy atom. The molecule has 0 heterocycles. The number of nitrogens with zero attached hydrogens (tertiary/aromatic N) is 1. The van der Waals surface area contributed by atoms with Gasteiger partial charge in [0.2, 0.25) is 0 Å². The van der Waals surface area contributed by atoms with Gasteiger partial charge in [-0.15, -0.1) is 0 Å². The van der Waals surface area contributed by atoms with E-state index in [9.17, 15) is 5.11 Å². The van der Waals surface area contributed by atoms with E-state index in [4.69, 9.17) is 22.7 Å². The minimum absolute atomic E-state index is 0.225. The van der Waals surface area contributed by atoms with Crippen LogP contribution in [0, 0.1) is 0 Å². The first-order valence-corrected chi connectivity index (χ1v) is 7.76. The predicted octanol–water partition coefficient (Wildman–Crippen LogP) is 2.18. The van der Waals surface area contributed by atoms with Gasteiger partial charge >= 0.3 is 0 Å². The highest BCUT2D eigenvalue weighted by molar-refractivity contribution is 7.80. The summed E-state index contributed by atoms with van der Waals surface area (Å²) in [6, 6.07) is 7.80. The molecule has 2 unspecified atom stereocenters. The fourth-order valence-electron chi connectivity index (χ4n) is 2.19. The molecular formula is C16H26N2O2S. The van der Waals surface area contributed by atoms with Crippen molar-refractivity contribution in [2.24, 2.45) is 5.73 Å². The summed E-state index contributed by atoms with van der Waals surface area (Å²) in [6.45, 7) is 5.13. The number of aliphatic hydroxyl groups excluding tert-OH is 1. The molecule has 0 saturated heterocycles. The largest absolute Gasteiger partial charge is 0.490 e. The van der Waals surface area contributed by atoms with Crippen LogP contribution in [0.5, 0.6) is 5.75 Å². The van der Waals surface area contributed by atoms with E-state index in [0.717, 1.165) is 12.8 Å². The first kappa shape index (κ1) is 17.9. The smallest absolute Gasteiger partial charge is 0.129 e. The van der Waals surface area contributed by atoms with Crippen LogP contribution in [0.25, 0.3) is 0 Å². The Hall–Kier alpha value is -1.17. The molecular weight excluding hydrogens is 284 g/mol. The molecule has 5 heteroatoms. The molecule has 0 fully saturated rings. The Morgan fingerprint density at radius 3 is 2.71 bits per heavy atom. The summed E-state index contributed by atoms with van der Waals surface area (Å²) in [4.78, 5) is 2.45. The number of hydrogen-bond acceptors (Lipinski definition) is 4. The molecule has 0 spiro atoms. The van der Waals surface area contributed by atoms with E-state index in [1.54, 1.807) is 0 Å². The van der Waals surface area contributed by atoms with Crippen LogP contribution in [-0.2, 0) is 0 Å². The van der Waals surface area contributed by atoms with E-state index in [0.29, 0.717) is 28.9 Å². The Morgan fingerprint density at radius 2 is 2.10 bits per heavy atom. The number of benzene rings is 1. The summed E-state index contributed by atoms with van der Waals surface area (Å²) in [6.07, 6.45) is 1.71. The van der Waals surface area contributed by atoms with Crippen molar-refractivity contribution in [3.8, 4) is 5.75 Å². The molecule has 0 aliphatic carbocycles. The fourth-order valence-corrected chi connectivity index (χ4v) is 2.35. The van der Waals surface area contributed by atoms with E-state index in [2.05, 4.69) is 18.7 Å². The molecule has 0 aliphatic rings. The Kier molecular flexibility index (Phi) is 7.64. The van der Waals surface area contributed by atoms with Crippen molar-refractivity contribution in [1.29, 1.82) is 0 Å². The lowest BCUT2D eigenvalue weighted by Crippen LogP contribution is -2.38. The van der Waals surface area contributed by atoms with Gasteiger partial charge in [-0.3, -0.25) is 0 Å². The minimum Gasteiger partial charge on any atom is -0.490 e. The monoisotopic (exact) mass is 310 g/mol. The number of thiocarbonyl (C=S) groups is 1. The van der Waals surface area contributed by atoms with Crippen molar-refractivity contribution >= 4 is 17.2 Å². The number of nitrogens with two attached hydrogens (primary N) is 1. The molecule has 0 saturated carbocycles. The lowest BCUT2D eigenvalue weighted by molar-refractivity contribution is 0.0641. The van der Waals surface area contributed by atoms with Crippen LogP contribution < -0.4 is 10.5 Å². The first-order valence-electron chi connectivity index (χ1n) is 7.35. The minimum atomic E-state index is -0.547. The van der Waals surface area contributed by atoms with Crippen LogP contribution in [-0.4, -0.2) is 47.3 Å². The van der Waals surface area contributed by atoms with Crippen molar-refractivity contribution in [3.05, 3.63) is 29.8 Å². The van der Waals surface area contributed by atoms with E-state index in [1.165, 1.54) is 0 Å². The lowest BCUT2D eigenvalue weighted by atomic mass is 10.1. The molecule has 3 N–H and O–H groups in total. The van der Waals surface area contributed by atoms with Crippen LogP contribution in [0.3, 0.4) is 0 Å². The number of rotatable bonds is 9. The van der Waals surface area contributed by atoms with Gasteiger partial charge in [-0.2, -0.15) is 0 Å². The molecule has 1 aromatic rings. The summed E-state index contributed by atoms with van der Waals surface area (Å²) in [7, 11) is 2.02. The molecule has 0 radical (unpaired) electrons. The maximum absolute atomic E-state index is 10.1. The summed E-state index contributed by atoms with van der Waals surface area (Å²) >= 11 is 4.99. The van der Waals surface area contributed by atoms with Gasteiger partial charge < -0.3 is 20.5 Å². The molecule has 0 bridgehead atoms. The lowest BCUT2D eigenvalue weighted by Gasteiger charge is -2.26. The van der Waals surface area contributed by atoms with Gasteiger partial charge in [-0.25, -0.2) is 0 Å². The molecule has 118 valence electrons. The van der Waals surface area contributed by atoms with E-state index < -0.39 is 6.10 Å². The van der Waals surface area contributed by atoms with Crippen LogP contribution in [0.15, 0.2) is 24.3 Å². The molecule has 0 aromatic heterocycles. The normalized spacial score (nSPS) is 14.0. The predicted molar refractivity (Wildman–Crippen MR) is 90.8 cm³/mol. The van der Waals surface area contributed by atoms with Gasteiger partial charge in [0.05, 0.1) is 5.56 Å². The third-order valence-electron chi connectivity index (χ3n) is 3.54. The number of aliphatic hydroxyl groups is 1. The number of hydrogen-bond donors (Lipinski definition) is 2. The standard InChI is InChI=1S/C16H26N2O2S/c1-4-7-12(2)18(3)10-13(19)11-20-15-9-6-5-8-14(15)16(17)21/h5-6,8-9,12-13,19H,4,7,10-11H2,1-3H3,(H2,17,21). The fraction of sp³-hybridized carbons (Fsp3) is 0.562. The molecule has 21 heavy (non-hydrogen) atoms. The first-order chi connectivity index (χ1) is 9.95. The molecule has 1 rings (SSSR count). The summed E-state index contributed by atoms with van der Waals surface area (Å²) in [5, 5.41) is 10.1. The van der Waals surface area contributed by atoms with Crippen molar-refractivity contribution in [1.82, 2.24) is 4.90 Å². The zero-order chi connectivity index (χ0) is 15.8. The van der Waals surface area contributed by atoms with E-state index in [1.807, 2.05) is 31.3 Å². The second-order valence-electron chi connectivity index (χ2n) is 5.40. The second kappa shape index (κ2) is 8.97. The van der Waals surface area contributed by atoms with Crippen molar-refractivity contribution < 1.29 is 9.84 Å². The molecule has 1 aromatic carbocycles. The van der Waals surface area contributed by atoms with Crippen molar-refractivity contribution in [2.45, 2.75) is 38.8 Å². The van der Waals surface area contributed by atoms with Gasteiger partial charge in [-0.05, 0) is 32.5 Å². The van der Waals surface area contributed by atoms with Gasteiger partial charge in [0.25, 0.3) is 0 Å². The zero-order valence-corrected chi connectivity index (χ0v) is 13.9. The summed E-state index contributed by atoms with van der Waals surface area (Å²) < 4.78 is 5.66. The van der Waals surface area contributed by atoms with E-state index in [-0.39, 0.29) is 6.61 Å². The third-order valence-corrected chi connectivity index (χ3v) is 3.76. The third kappa shape index (κ3) is 5.99. The average Bonchev–Trinajstić information content (AvgIpc) is 2.45. The van der Waals surface area contributed by atoms with Gasteiger partial charge in [0.1, 0.15) is 23.4 Å². The van der Waals surface area contributed by atoms with Gasteiger partial charge in [-0.1, -0.05) is 37.7 Å². The number of ether oxygens (including phenoxy) is 1. The number of para-hydroxylation sites is 1. The zero-order valence-electron chi connectivity index (χ0n) is 13.1. The average molecular weight is 310 g/mol. The Bertz CT molecular complexity index is 454. The van der Waals surface area contributed by atoms with Crippen LogP contribution >= 0.6 is 12.2 Å². The quantitative estimate of drug-likeness (QED) is 0.685. The second-order valence-corrected chi connectivity index (χ2v) is 5.84. The maximum atomic E-state index is 10.1. The van der Waals surface area contributed by atoms with Crippen LogP contribution in [0.2, 0.25) is 0 Å². The van der Waals surface area contributed by atoms with E-state index >= 15 is 0 Å². The van der Waals surface area contributed by atoms with Gasteiger partial charge in [0, 0.05) is 12.6 Å². The summed E-state index contributed by atoms with van der Waals surface area (Å²) in [5.74, 6) is 0.619. The SMILES string of the molecule is CCCC(C)N(C)CC(O)COc1ccccc1C(N)=S. The Labute approximate surface area is 132 Å². The molecule has 0 aliphatic heterocycles. The van der Waals surface area contributed by atoms with Crippen LogP contribution in [0.1, 0.15) is 32.3 Å². The topological polar surface area (TPSA) is 58.7 Å². The summed E-state index contributed by atoms with van der Waals surface area (Å²) in [5.41, 5.74) is 6.36. The Balaban J connectivity index is 2.50.